The van der Waals surface area contributed by atoms with E-state index in [1.807, 2.05) is 31.2 Å². The summed E-state index contributed by atoms with van der Waals surface area (Å²) in [5.41, 5.74) is 2.19. The van der Waals surface area contributed by atoms with E-state index in [-0.39, 0.29) is 0 Å². The second-order valence-electron chi connectivity index (χ2n) is 4.23. The Morgan fingerprint density at radius 3 is 2.59 bits per heavy atom. The second kappa shape index (κ2) is 4.40. The van der Waals surface area contributed by atoms with Crippen LogP contribution in [0.5, 0.6) is 0 Å². The van der Waals surface area contributed by atoms with Crippen LogP contribution in [-0.4, -0.2) is 6.18 Å². The molecule has 0 amide bonds. The third-order valence-corrected chi connectivity index (χ3v) is 2.82. The molecule has 2 rings (SSSR count). The highest BCUT2D eigenvalue weighted by Crippen LogP contribution is 2.34. The quantitative estimate of drug-likeness (QED) is 0.667. The fraction of sp³-hybridized carbons (Fsp3) is 0.286. The molecule has 0 aliphatic heterocycles. The summed E-state index contributed by atoms with van der Waals surface area (Å²) in [4.78, 5) is 0. The summed E-state index contributed by atoms with van der Waals surface area (Å²) in [6.45, 7) is 1.94. The van der Waals surface area contributed by atoms with Crippen molar-refractivity contribution in [1.29, 1.82) is 0 Å². The van der Waals surface area contributed by atoms with Crippen molar-refractivity contribution in [2.75, 3.05) is 0 Å². The highest BCUT2D eigenvalue weighted by Gasteiger charge is 2.33. The summed E-state index contributed by atoms with van der Waals surface area (Å²) < 4.78 is 37.8. The van der Waals surface area contributed by atoms with Gasteiger partial charge >= 0.3 is 6.18 Å². The Kier molecular flexibility index (Phi) is 3.09. The first-order valence-corrected chi connectivity index (χ1v) is 5.52. The predicted molar refractivity (Wildman–Crippen MR) is 62.5 cm³/mol. The molecule has 0 saturated carbocycles. The molecule has 1 aliphatic rings. The lowest BCUT2D eigenvalue weighted by Crippen LogP contribution is -2.12. The molecule has 0 radical (unpaired) electrons. The van der Waals surface area contributed by atoms with Gasteiger partial charge < -0.3 is 0 Å². The first-order valence-electron chi connectivity index (χ1n) is 5.52. The molecule has 1 aromatic carbocycles. The highest BCUT2D eigenvalue weighted by molar-refractivity contribution is 5.70. The van der Waals surface area contributed by atoms with Crippen molar-refractivity contribution in [1.82, 2.24) is 0 Å². The zero-order chi connectivity index (χ0) is 12.5. The Labute approximate surface area is 98.5 Å². The number of alkyl halides is 3. The molecule has 0 aromatic heterocycles. The van der Waals surface area contributed by atoms with Crippen molar-refractivity contribution in [2.45, 2.75) is 25.9 Å². The summed E-state index contributed by atoms with van der Waals surface area (Å²) in [6, 6.07) is 7.59. The molecule has 0 saturated heterocycles. The van der Waals surface area contributed by atoms with Gasteiger partial charge in [0.1, 0.15) is 0 Å². The Hall–Kier alpha value is -1.51. The minimum atomic E-state index is -4.24. The van der Waals surface area contributed by atoms with Crippen molar-refractivity contribution in [3.8, 4) is 0 Å². The molecule has 0 heterocycles. The summed E-state index contributed by atoms with van der Waals surface area (Å²) in [5, 5.41) is 0. The third kappa shape index (κ3) is 2.78. The van der Waals surface area contributed by atoms with Gasteiger partial charge in [0.2, 0.25) is 0 Å². The number of halogens is 3. The minimum Gasteiger partial charge on any atom is -0.166 e. The normalized spacial score (nSPS) is 16.5. The van der Waals surface area contributed by atoms with Gasteiger partial charge in [-0.15, -0.1) is 0 Å². The number of hydrogen-bond donors (Lipinski definition) is 0. The van der Waals surface area contributed by atoms with Crippen molar-refractivity contribution in [3.63, 3.8) is 0 Å². The molecule has 0 nitrogen and oxygen atoms in total. The van der Waals surface area contributed by atoms with Crippen molar-refractivity contribution in [3.05, 3.63) is 53.1 Å². The van der Waals surface area contributed by atoms with E-state index >= 15 is 0 Å². The first kappa shape index (κ1) is 12.0. The van der Waals surface area contributed by atoms with E-state index in [0.29, 0.717) is 12.8 Å². The Bertz CT molecular complexity index is 478. The summed E-state index contributed by atoms with van der Waals surface area (Å²) in [5.74, 6) is 0. The van der Waals surface area contributed by atoms with Gasteiger partial charge in [0.05, 0.1) is 5.57 Å². The predicted octanol–water partition coefficient (Wildman–Crippen LogP) is 4.66. The molecular formula is C14H13F3. The van der Waals surface area contributed by atoms with E-state index in [0.717, 1.165) is 16.7 Å². The van der Waals surface area contributed by atoms with Gasteiger partial charge in [-0.1, -0.05) is 35.9 Å². The van der Waals surface area contributed by atoms with E-state index in [9.17, 15) is 13.2 Å². The number of aryl methyl sites for hydroxylation is 1. The summed E-state index contributed by atoms with van der Waals surface area (Å²) in [7, 11) is 0. The average Bonchev–Trinajstić information content (AvgIpc) is 2.28. The van der Waals surface area contributed by atoms with Gasteiger partial charge in [-0.3, -0.25) is 0 Å². The maximum absolute atomic E-state index is 12.6. The van der Waals surface area contributed by atoms with E-state index < -0.39 is 11.7 Å². The van der Waals surface area contributed by atoms with Crippen LogP contribution in [0.15, 0.2) is 42.0 Å². The standard InChI is InChI=1S/C14H13F3/c1-10-4-2-5-11(8-10)12-6-3-7-13(9-12)14(15,16)17/h2,4-5,7-9H,3,6H2,1H3. The van der Waals surface area contributed by atoms with Gasteiger partial charge in [0, 0.05) is 0 Å². The van der Waals surface area contributed by atoms with Gasteiger partial charge in [-0.2, -0.15) is 13.2 Å². The molecule has 0 unspecified atom stereocenters. The maximum atomic E-state index is 12.6. The molecule has 0 atom stereocenters. The molecule has 0 N–H and O–H groups in total. The molecule has 17 heavy (non-hydrogen) atoms. The van der Waals surface area contributed by atoms with Crippen LogP contribution in [0, 0.1) is 6.92 Å². The van der Waals surface area contributed by atoms with Crippen molar-refractivity contribution in [2.24, 2.45) is 0 Å². The lowest BCUT2D eigenvalue weighted by atomic mass is 9.93. The van der Waals surface area contributed by atoms with Crippen LogP contribution in [-0.2, 0) is 0 Å². The zero-order valence-electron chi connectivity index (χ0n) is 9.51. The molecular weight excluding hydrogens is 225 g/mol. The van der Waals surface area contributed by atoms with Gasteiger partial charge in [-0.25, -0.2) is 0 Å². The highest BCUT2D eigenvalue weighted by atomic mass is 19.4. The number of benzene rings is 1. The van der Waals surface area contributed by atoms with Crippen LogP contribution in [0.1, 0.15) is 24.0 Å². The van der Waals surface area contributed by atoms with Gasteiger partial charge in [0.25, 0.3) is 0 Å². The first-order chi connectivity index (χ1) is 7.97. The number of rotatable bonds is 1. The lowest BCUT2D eigenvalue weighted by molar-refractivity contribution is -0.0885. The van der Waals surface area contributed by atoms with Crippen molar-refractivity contribution < 1.29 is 13.2 Å². The van der Waals surface area contributed by atoms with Crippen molar-refractivity contribution >= 4 is 5.57 Å². The summed E-state index contributed by atoms with van der Waals surface area (Å²) >= 11 is 0. The fourth-order valence-electron chi connectivity index (χ4n) is 1.97. The van der Waals surface area contributed by atoms with E-state index in [1.54, 1.807) is 0 Å². The topological polar surface area (TPSA) is 0 Å². The van der Waals surface area contributed by atoms with E-state index in [1.165, 1.54) is 12.2 Å². The molecule has 0 spiro atoms. The smallest absolute Gasteiger partial charge is 0.166 e. The fourth-order valence-corrected chi connectivity index (χ4v) is 1.97. The SMILES string of the molecule is Cc1cccc(C2=CC(C(F)(F)F)=CCC2)c1. The monoisotopic (exact) mass is 238 g/mol. The van der Waals surface area contributed by atoms with Crippen LogP contribution in [0.4, 0.5) is 13.2 Å². The van der Waals surface area contributed by atoms with Gasteiger partial charge in [0.15, 0.2) is 0 Å². The average molecular weight is 238 g/mol. The molecule has 0 bridgehead atoms. The third-order valence-electron chi connectivity index (χ3n) is 2.82. The Morgan fingerprint density at radius 2 is 1.94 bits per heavy atom. The molecule has 1 aliphatic carbocycles. The van der Waals surface area contributed by atoms with Crippen LogP contribution in [0.3, 0.4) is 0 Å². The number of allylic oxidation sites excluding steroid dienone is 4. The largest absolute Gasteiger partial charge is 0.416 e. The lowest BCUT2D eigenvalue weighted by Gasteiger charge is -2.16. The molecule has 1 aromatic rings. The van der Waals surface area contributed by atoms with Crippen LogP contribution in [0.2, 0.25) is 0 Å². The molecule has 3 heteroatoms. The minimum absolute atomic E-state index is 0.453. The van der Waals surface area contributed by atoms with Crippen LogP contribution >= 0.6 is 0 Å². The number of hydrogen-bond acceptors (Lipinski definition) is 0. The zero-order valence-corrected chi connectivity index (χ0v) is 9.51. The van der Waals surface area contributed by atoms with E-state index in [2.05, 4.69) is 0 Å². The molecule has 0 fully saturated rings. The Balaban J connectivity index is 2.35. The Morgan fingerprint density at radius 1 is 1.18 bits per heavy atom. The second-order valence-corrected chi connectivity index (χ2v) is 4.23. The van der Waals surface area contributed by atoms with E-state index in [4.69, 9.17) is 0 Å². The maximum Gasteiger partial charge on any atom is 0.416 e. The van der Waals surface area contributed by atoms with Crippen LogP contribution in [0.25, 0.3) is 5.57 Å². The summed E-state index contributed by atoms with van der Waals surface area (Å²) in [6.07, 6.45) is -0.593. The van der Waals surface area contributed by atoms with Crippen LogP contribution < -0.4 is 0 Å². The van der Waals surface area contributed by atoms with Gasteiger partial charge in [-0.05, 0) is 37.0 Å². The molecule has 90 valence electrons.